The van der Waals surface area contributed by atoms with E-state index in [4.69, 9.17) is 4.74 Å². The number of carbonyl (C=O) groups is 2. The maximum absolute atomic E-state index is 12.5. The summed E-state index contributed by atoms with van der Waals surface area (Å²) in [7, 11) is 3.88. The average molecular weight is 346 g/mol. The predicted molar refractivity (Wildman–Crippen MR) is 98.5 cm³/mol. The van der Waals surface area contributed by atoms with E-state index in [1.165, 1.54) is 11.3 Å². The maximum Gasteiger partial charge on any atom is 0.341 e. The maximum atomic E-state index is 12.5. The molecule has 5 nitrogen and oxygen atoms in total. The van der Waals surface area contributed by atoms with Crippen LogP contribution in [0.3, 0.4) is 0 Å². The van der Waals surface area contributed by atoms with Crippen LogP contribution >= 0.6 is 11.3 Å². The largest absolute Gasteiger partial charge is 0.462 e. The Labute approximate surface area is 146 Å². The van der Waals surface area contributed by atoms with Crippen LogP contribution in [0.25, 0.3) is 0 Å². The second kappa shape index (κ2) is 7.49. The SMILES string of the molecule is CCOC(=O)c1c(NC(=O)c2ccc(N(C)C)cc2)sc(C)c1C. The molecule has 1 amide bonds. The van der Waals surface area contributed by atoms with E-state index in [1.807, 2.05) is 45.0 Å². The van der Waals surface area contributed by atoms with Crippen LogP contribution in [0.5, 0.6) is 0 Å². The summed E-state index contributed by atoms with van der Waals surface area (Å²) in [4.78, 5) is 27.6. The Kier molecular flexibility index (Phi) is 5.62. The fourth-order valence-electron chi connectivity index (χ4n) is 2.25. The number of benzene rings is 1. The summed E-state index contributed by atoms with van der Waals surface area (Å²) in [5, 5.41) is 3.37. The van der Waals surface area contributed by atoms with E-state index < -0.39 is 5.97 Å². The lowest BCUT2D eigenvalue weighted by molar-refractivity contribution is 0.0527. The highest BCUT2D eigenvalue weighted by molar-refractivity contribution is 7.16. The van der Waals surface area contributed by atoms with Crippen molar-refractivity contribution in [3.05, 3.63) is 45.8 Å². The molecule has 128 valence electrons. The van der Waals surface area contributed by atoms with Crippen LogP contribution in [0.2, 0.25) is 0 Å². The smallest absolute Gasteiger partial charge is 0.341 e. The number of amides is 1. The quantitative estimate of drug-likeness (QED) is 0.835. The molecule has 0 bridgehead atoms. The number of nitrogens with one attached hydrogen (secondary N) is 1. The minimum absolute atomic E-state index is 0.243. The minimum Gasteiger partial charge on any atom is -0.462 e. The van der Waals surface area contributed by atoms with Crippen LogP contribution in [0, 0.1) is 13.8 Å². The summed E-state index contributed by atoms with van der Waals surface area (Å²) in [5.41, 5.74) is 2.84. The number of aryl methyl sites for hydroxylation is 1. The van der Waals surface area contributed by atoms with Gasteiger partial charge in [-0.05, 0) is 50.6 Å². The van der Waals surface area contributed by atoms with Gasteiger partial charge in [0.25, 0.3) is 5.91 Å². The molecule has 0 fully saturated rings. The second-order valence-corrected chi connectivity index (χ2v) is 6.83. The summed E-state index contributed by atoms with van der Waals surface area (Å²) < 4.78 is 5.10. The van der Waals surface area contributed by atoms with Gasteiger partial charge in [0, 0.05) is 30.2 Å². The molecule has 0 aliphatic heterocycles. The molecule has 0 radical (unpaired) electrons. The molecule has 2 rings (SSSR count). The van der Waals surface area contributed by atoms with Gasteiger partial charge >= 0.3 is 5.97 Å². The predicted octanol–water partition coefficient (Wildman–Crippen LogP) is 3.86. The van der Waals surface area contributed by atoms with Crippen LogP contribution < -0.4 is 10.2 Å². The summed E-state index contributed by atoms with van der Waals surface area (Å²) in [6.07, 6.45) is 0. The lowest BCUT2D eigenvalue weighted by Crippen LogP contribution is -2.15. The van der Waals surface area contributed by atoms with Crippen molar-refractivity contribution in [2.75, 3.05) is 30.9 Å². The van der Waals surface area contributed by atoms with Crippen LogP contribution in [0.15, 0.2) is 24.3 Å². The molecule has 1 heterocycles. The minimum atomic E-state index is -0.405. The van der Waals surface area contributed by atoms with E-state index in [0.717, 1.165) is 16.1 Å². The van der Waals surface area contributed by atoms with Gasteiger partial charge in [0.05, 0.1) is 12.2 Å². The fraction of sp³-hybridized carbons (Fsp3) is 0.333. The standard InChI is InChI=1S/C18H22N2O3S/c1-6-23-18(22)15-11(2)12(3)24-17(15)19-16(21)13-7-9-14(10-8-13)20(4)5/h7-10H,6H2,1-5H3,(H,19,21). The van der Waals surface area contributed by atoms with Crippen molar-refractivity contribution in [1.82, 2.24) is 0 Å². The Morgan fingerprint density at radius 1 is 1.17 bits per heavy atom. The zero-order chi connectivity index (χ0) is 17.9. The molecule has 1 aromatic carbocycles. The van der Waals surface area contributed by atoms with E-state index >= 15 is 0 Å². The highest BCUT2D eigenvalue weighted by Gasteiger charge is 2.22. The van der Waals surface area contributed by atoms with Crippen molar-refractivity contribution >= 4 is 33.9 Å². The summed E-state index contributed by atoms with van der Waals surface area (Å²) in [6, 6.07) is 7.29. The van der Waals surface area contributed by atoms with Crippen molar-refractivity contribution in [2.45, 2.75) is 20.8 Å². The molecule has 24 heavy (non-hydrogen) atoms. The molecule has 6 heteroatoms. The zero-order valence-electron chi connectivity index (χ0n) is 14.6. The number of rotatable bonds is 5. The Balaban J connectivity index is 2.25. The first-order valence-corrected chi connectivity index (χ1v) is 8.52. The summed E-state index contributed by atoms with van der Waals surface area (Å²) in [5.74, 6) is -0.648. The fourth-order valence-corrected chi connectivity index (χ4v) is 3.29. The van der Waals surface area contributed by atoms with E-state index in [-0.39, 0.29) is 5.91 Å². The molecule has 1 aromatic heterocycles. The van der Waals surface area contributed by atoms with Gasteiger partial charge in [-0.3, -0.25) is 4.79 Å². The first-order chi connectivity index (χ1) is 11.3. The van der Waals surface area contributed by atoms with Crippen LogP contribution in [0.4, 0.5) is 10.7 Å². The van der Waals surface area contributed by atoms with Gasteiger partial charge in [0.15, 0.2) is 0 Å². The first-order valence-electron chi connectivity index (χ1n) is 7.71. The molecule has 1 N–H and O–H groups in total. The third-order valence-corrected chi connectivity index (χ3v) is 4.86. The van der Waals surface area contributed by atoms with Crippen molar-refractivity contribution in [2.24, 2.45) is 0 Å². The lowest BCUT2D eigenvalue weighted by Gasteiger charge is -2.12. The highest BCUT2D eigenvalue weighted by Crippen LogP contribution is 2.33. The highest BCUT2D eigenvalue weighted by atomic mass is 32.1. The lowest BCUT2D eigenvalue weighted by atomic mass is 10.1. The second-order valence-electron chi connectivity index (χ2n) is 5.60. The van der Waals surface area contributed by atoms with Gasteiger partial charge in [-0.1, -0.05) is 0 Å². The third-order valence-electron chi connectivity index (χ3n) is 3.74. The van der Waals surface area contributed by atoms with Gasteiger partial charge in [-0.2, -0.15) is 0 Å². The molecule has 0 unspecified atom stereocenters. The topological polar surface area (TPSA) is 58.6 Å². The first kappa shape index (κ1) is 18.0. The number of hydrogen-bond donors (Lipinski definition) is 1. The number of nitrogens with zero attached hydrogens (tertiary/aromatic N) is 1. The van der Waals surface area contributed by atoms with Crippen LogP contribution in [-0.2, 0) is 4.74 Å². The molecule has 0 aliphatic rings. The molecular weight excluding hydrogens is 324 g/mol. The normalized spacial score (nSPS) is 10.4. The van der Waals surface area contributed by atoms with E-state index in [0.29, 0.717) is 22.7 Å². The number of esters is 1. The number of anilines is 2. The van der Waals surface area contributed by atoms with Gasteiger partial charge in [-0.15, -0.1) is 11.3 Å². The van der Waals surface area contributed by atoms with Crippen molar-refractivity contribution in [1.29, 1.82) is 0 Å². The van der Waals surface area contributed by atoms with E-state index in [2.05, 4.69) is 5.32 Å². The van der Waals surface area contributed by atoms with Gasteiger partial charge in [0.1, 0.15) is 5.00 Å². The number of thiophene rings is 1. The Morgan fingerprint density at radius 3 is 2.33 bits per heavy atom. The van der Waals surface area contributed by atoms with Gasteiger partial charge < -0.3 is 15.0 Å². The molecule has 0 atom stereocenters. The molecule has 0 saturated carbocycles. The number of carbonyl (C=O) groups excluding carboxylic acids is 2. The number of hydrogen-bond acceptors (Lipinski definition) is 5. The summed E-state index contributed by atoms with van der Waals surface area (Å²) in [6.45, 7) is 5.84. The van der Waals surface area contributed by atoms with E-state index in [1.54, 1.807) is 19.1 Å². The van der Waals surface area contributed by atoms with Crippen molar-refractivity contribution in [3.63, 3.8) is 0 Å². The van der Waals surface area contributed by atoms with Crippen LogP contribution in [0.1, 0.15) is 38.1 Å². The Bertz CT molecular complexity index is 748. The van der Waals surface area contributed by atoms with Crippen LogP contribution in [-0.4, -0.2) is 32.6 Å². The van der Waals surface area contributed by atoms with Crippen molar-refractivity contribution < 1.29 is 14.3 Å². The molecule has 0 aliphatic carbocycles. The molecule has 2 aromatic rings. The summed E-state index contributed by atoms with van der Waals surface area (Å²) >= 11 is 1.39. The van der Waals surface area contributed by atoms with Gasteiger partial charge in [-0.25, -0.2) is 4.79 Å². The third kappa shape index (κ3) is 3.76. The molecular formula is C18H22N2O3S. The zero-order valence-corrected chi connectivity index (χ0v) is 15.4. The van der Waals surface area contributed by atoms with Crippen molar-refractivity contribution in [3.8, 4) is 0 Å². The Hall–Kier alpha value is -2.34. The molecule has 0 saturated heterocycles. The Morgan fingerprint density at radius 2 is 1.79 bits per heavy atom. The van der Waals surface area contributed by atoms with E-state index in [9.17, 15) is 9.59 Å². The number of ether oxygens (including phenoxy) is 1. The average Bonchev–Trinajstić information content (AvgIpc) is 2.82. The molecule has 0 spiro atoms. The van der Waals surface area contributed by atoms with Gasteiger partial charge in [0.2, 0.25) is 0 Å². The monoisotopic (exact) mass is 346 g/mol.